The molecular formula is C21H27N5O. The van der Waals surface area contributed by atoms with E-state index in [4.69, 9.17) is 0 Å². The molecule has 2 aliphatic heterocycles. The van der Waals surface area contributed by atoms with E-state index >= 15 is 0 Å². The highest BCUT2D eigenvalue weighted by Crippen LogP contribution is 2.19. The molecule has 27 heavy (non-hydrogen) atoms. The van der Waals surface area contributed by atoms with Gasteiger partial charge in [-0.3, -0.25) is 4.79 Å². The number of amides is 1. The number of benzene rings is 1. The Morgan fingerprint density at radius 2 is 1.52 bits per heavy atom. The van der Waals surface area contributed by atoms with Crippen molar-refractivity contribution in [2.24, 2.45) is 0 Å². The predicted octanol–water partition coefficient (Wildman–Crippen LogP) is 1.80. The number of carbonyl (C=O) groups is 1. The molecule has 2 aliphatic rings. The fourth-order valence-electron chi connectivity index (χ4n) is 3.75. The van der Waals surface area contributed by atoms with Crippen LogP contribution in [-0.4, -0.2) is 80.1 Å². The van der Waals surface area contributed by atoms with E-state index in [-0.39, 0.29) is 5.91 Å². The van der Waals surface area contributed by atoms with Gasteiger partial charge < -0.3 is 19.6 Å². The molecule has 0 radical (unpaired) electrons. The molecule has 1 aromatic heterocycles. The van der Waals surface area contributed by atoms with Crippen molar-refractivity contribution in [1.29, 1.82) is 0 Å². The highest BCUT2D eigenvalue weighted by atomic mass is 16.2. The van der Waals surface area contributed by atoms with Crippen LogP contribution in [0.5, 0.6) is 0 Å². The fourth-order valence-corrected chi connectivity index (χ4v) is 3.75. The summed E-state index contributed by atoms with van der Waals surface area (Å²) >= 11 is 0. The normalized spacial score (nSPS) is 18.6. The minimum absolute atomic E-state index is 0.112. The van der Waals surface area contributed by atoms with Gasteiger partial charge in [-0.15, -0.1) is 0 Å². The summed E-state index contributed by atoms with van der Waals surface area (Å²) < 4.78 is 0. The lowest BCUT2D eigenvalue weighted by Crippen LogP contribution is -2.49. The fraction of sp³-hybridized carbons (Fsp3) is 0.429. The summed E-state index contributed by atoms with van der Waals surface area (Å²) in [7, 11) is 2.14. The van der Waals surface area contributed by atoms with E-state index < -0.39 is 0 Å². The largest absolute Gasteiger partial charge is 0.368 e. The number of aromatic nitrogens is 1. The standard InChI is InChI=1S/C21H27N5O/c1-23-9-11-25(12-10-23)20-17-18(7-8-22-20)21(27)26-15-13-24(14-16-26)19-5-3-2-4-6-19/h2-8,17H,9-16H2,1H3. The van der Waals surface area contributed by atoms with Crippen LogP contribution in [0.3, 0.4) is 0 Å². The second kappa shape index (κ2) is 7.96. The molecule has 0 spiro atoms. The lowest BCUT2D eigenvalue weighted by Gasteiger charge is -2.36. The maximum Gasteiger partial charge on any atom is 0.254 e. The Labute approximate surface area is 161 Å². The molecule has 0 aliphatic carbocycles. The molecule has 0 bridgehead atoms. The summed E-state index contributed by atoms with van der Waals surface area (Å²) in [5, 5.41) is 0. The van der Waals surface area contributed by atoms with E-state index in [0.717, 1.165) is 63.7 Å². The van der Waals surface area contributed by atoms with Gasteiger partial charge in [-0.25, -0.2) is 4.98 Å². The van der Waals surface area contributed by atoms with Crippen molar-refractivity contribution in [1.82, 2.24) is 14.8 Å². The van der Waals surface area contributed by atoms with Crippen molar-refractivity contribution in [3.63, 3.8) is 0 Å². The molecule has 2 fully saturated rings. The third-order valence-electron chi connectivity index (χ3n) is 5.51. The van der Waals surface area contributed by atoms with Crippen LogP contribution in [0.25, 0.3) is 0 Å². The monoisotopic (exact) mass is 365 g/mol. The first-order valence-corrected chi connectivity index (χ1v) is 9.69. The lowest BCUT2D eigenvalue weighted by molar-refractivity contribution is 0.0746. The number of nitrogens with zero attached hydrogens (tertiary/aromatic N) is 5. The number of hydrogen-bond acceptors (Lipinski definition) is 5. The predicted molar refractivity (Wildman–Crippen MR) is 109 cm³/mol. The molecule has 2 aromatic rings. The molecule has 0 atom stereocenters. The van der Waals surface area contributed by atoms with Gasteiger partial charge in [-0.2, -0.15) is 0 Å². The van der Waals surface area contributed by atoms with E-state index in [1.54, 1.807) is 6.20 Å². The van der Waals surface area contributed by atoms with Gasteiger partial charge >= 0.3 is 0 Å². The van der Waals surface area contributed by atoms with Gasteiger partial charge in [-0.1, -0.05) is 18.2 Å². The summed E-state index contributed by atoms with van der Waals surface area (Å²) in [6.07, 6.45) is 1.76. The smallest absolute Gasteiger partial charge is 0.254 e. The van der Waals surface area contributed by atoms with Gasteiger partial charge in [0.1, 0.15) is 5.82 Å². The zero-order valence-corrected chi connectivity index (χ0v) is 15.9. The number of pyridine rings is 1. The first-order valence-electron chi connectivity index (χ1n) is 9.69. The molecule has 0 N–H and O–H groups in total. The quantitative estimate of drug-likeness (QED) is 0.830. The Morgan fingerprint density at radius 3 is 2.22 bits per heavy atom. The first kappa shape index (κ1) is 17.8. The molecule has 4 rings (SSSR count). The van der Waals surface area contributed by atoms with Crippen molar-refractivity contribution in [2.45, 2.75) is 0 Å². The van der Waals surface area contributed by atoms with Crippen LogP contribution in [0.4, 0.5) is 11.5 Å². The van der Waals surface area contributed by atoms with Crippen molar-refractivity contribution < 1.29 is 4.79 Å². The summed E-state index contributed by atoms with van der Waals surface area (Å²) in [4.78, 5) is 26.4. The molecule has 0 saturated carbocycles. The van der Waals surface area contributed by atoms with Crippen LogP contribution in [0.1, 0.15) is 10.4 Å². The van der Waals surface area contributed by atoms with Gasteiger partial charge in [0, 0.05) is 69.8 Å². The highest BCUT2D eigenvalue weighted by molar-refractivity contribution is 5.95. The number of likely N-dealkylation sites (N-methyl/N-ethyl adjacent to an activating group) is 1. The van der Waals surface area contributed by atoms with E-state index in [1.807, 2.05) is 23.1 Å². The van der Waals surface area contributed by atoms with Crippen LogP contribution in [-0.2, 0) is 0 Å². The lowest BCUT2D eigenvalue weighted by atomic mass is 10.2. The number of piperazine rings is 2. The molecule has 6 heteroatoms. The minimum atomic E-state index is 0.112. The Balaban J connectivity index is 1.39. The van der Waals surface area contributed by atoms with Gasteiger partial charge in [-0.05, 0) is 31.3 Å². The maximum absolute atomic E-state index is 13.0. The Bertz CT molecular complexity index is 765. The maximum atomic E-state index is 13.0. The average molecular weight is 365 g/mol. The van der Waals surface area contributed by atoms with E-state index in [0.29, 0.717) is 0 Å². The number of rotatable bonds is 3. The topological polar surface area (TPSA) is 42.9 Å². The van der Waals surface area contributed by atoms with Crippen LogP contribution in [0.15, 0.2) is 48.7 Å². The molecular weight excluding hydrogens is 338 g/mol. The van der Waals surface area contributed by atoms with Crippen LogP contribution in [0, 0.1) is 0 Å². The van der Waals surface area contributed by atoms with E-state index in [2.05, 4.69) is 51.0 Å². The number of carbonyl (C=O) groups excluding carboxylic acids is 1. The summed E-state index contributed by atoms with van der Waals surface area (Å²) in [5.41, 5.74) is 1.97. The van der Waals surface area contributed by atoms with Crippen molar-refractivity contribution >= 4 is 17.4 Å². The molecule has 142 valence electrons. The Hall–Kier alpha value is -2.60. The Morgan fingerprint density at radius 1 is 0.852 bits per heavy atom. The molecule has 3 heterocycles. The number of anilines is 2. The minimum Gasteiger partial charge on any atom is -0.368 e. The van der Waals surface area contributed by atoms with Crippen LogP contribution >= 0.6 is 0 Å². The SMILES string of the molecule is CN1CCN(c2cc(C(=O)N3CCN(c4ccccc4)CC3)ccn2)CC1. The molecule has 2 saturated heterocycles. The zero-order valence-electron chi connectivity index (χ0n) is 15.9. The second-order valence-corrected chi connectivity index (χ2v) is 7.31. The molecule has 0 unspecified atom stereocenters. The van der Waals surface area contributed by atoms with Gasteiger partial charge in [0.2, 0.25) is 0 Å². The molecule has 1 amide bonds. The molecule has 6 nitrogen and oxygen atoms in total. The first-order chi connectivity index (χ1) is 13.2. The number of para-hydroxylation sites is 1. The van der Waals surface area contributed by atoms with Gasteiger partial charge in [0.15, 0.2) is 0 Å². The summed E-state index contributed by atoms with van der Waals surface area (Å²) in [6, 6.07) is 14.2. The van der Waals surface area contributed by atoms with E-state index in [9.17, 15) is 4.79 Å². The van der Waals surface area contributed by atoms with Crippen molar-refractivity contribution in [2.75, 3.05) is 69.2 Å². The van der Waals surface area contributed by atoms with Crippen LogP contribution in [0.2, 0.25) is 0 Å². The van der Waals surface area contributed by atoms with Gasteiger partial charge in [0.05, 0.1) is 0 Å². The summed E-state index contributed by atoms with van der Waals surface area (Å²) in [5.74, 6) is 1.03. The Kier molecular flexibility index (Phi) is 5.25. The third-order valence-corrected chi connectivity index (χ3v) is 5.51. The third kappa shape index (κ3) is 4.06. The van der Waals surface area contributed by atoms with Crippen LogP contribution < -0.4 is 9.80 Å². The highest BCUT2D eigenvalue weighted by Gasteiger charge is 2.23. The van der Waals surface area contributed by atoms with Crippen molar-refractivity contribution in [3.8, 4) is 0 Å². The zero-order chi connectivity index (χ0) is 18.6. The molecule has 1 aromatic carbocycles. The second-order valence-electron chi connectivity index (χ2n) is 7.31. The van der Waals surface area contributed by atoms with Crippen molar-refractivity contribution in [3.05, 3.63) is 54.2 Å². The number of hydrogen-bond donors (Lipinski definition) is 0. The summed E-state index contributed by atoms with van der Waals surface area (Å²) in [6.45, 7) is 7.20. The average Bonchev–Trinajstić information content (AvgIpc) is 2.75. The van der Waals surface area contributed by atoms with E-state index in [1.165, 1.54) is 5.69 Å². The van der Waals surface area contributed by atoms with Gasteiger partial charge in [0.25, 0.3) is 5.91 Å².